The van der Waals surface area contributed by atoms with E-state index in [-0.39, 0.29) is 25.4 Å². The van der Waals surface area contributed by atoms with E-state index in [0.29, 0.717) is 5.57 Å². The van der Waals surface area contributed by atoms with Gasteiger partial charge in [0.05, 0.1) is 38.1 Å². The maximum Gasteiger partial charge on any atom is 0.309 e. The Balaban J connectivity index is 1.75. The Hall–Kier alpha value is -1.35. The van der Waals surface area contributed by atoms with Gasteiger partial charge in [0.1, 0.15) is 30.0 Å². The molecule has 1 saturated carbocycles. The van der Waals surface area contributed by atoms with Crippen LogP contribution in [0.4, 0.5) is 0 Å². The third kappa shape index (κ3) is 5.19. The molecule has 1 aliphatic carbocycles. The molecule has 2 fully saturated rings. The average Bonchev–Trinajstić information content (AvgIpc) is 3.03. The van der Waals surface area contributed by atoms with E-state index in [1.165, 1.54) is 6.26 Å². The lowest BCUT2D eigenvalue weighted by atomic mass is 9.80. The van der Waals surface area contributed by atoms with Gasteiger partial charge in [-0.1, -0.05) is 13.8 Å². The molecule has 0 bridgehead atoms. The Labute approximate surface area is 191 Å². The largest absolute Gasteiger partial charge is 0.462 e. The zero-order valence-corrected chi connectivity index (χ0v) is 18.6. The number of aliphatic hydroxyl groups excluding tert-OH is 6. The van der Waals surface area contributed by atoms with Gasteiger partial charge in [0.15, 0.2) is 6.29 Å². The van der Waals surface area contributed by atoms with Crippen molar-refractivity contribution >= 4 is 5.97 Å². The van der Waals surface area contributed by atoms with Crippen molar-refractivity contribution in [1.29, 1.82) is 0 Å². The van der Waals surface area contributed by atoms with E-state index in [1.807, 2.05) is 13.8 Å². The molecule has 33 heavy (non-hydrogen) atoms. The second-order valence-corrected chi connectivity index (χ2v) is 9.33. The van der Waals surface area contributed by atoms with Crippen molar-refractivity contribution in [2.45, 2.75) is 75.4 Å². The predicted molar refractivity (Wildman–Crippen MR) is 108 cm³/mol. The van der Waals surface area contributed by atoms with Crippen LogP contribution in [-0.4, -0.2) is 110 Å². The number of fused-ring (bicyclic) bond motifs is 1. The second-order valence-electron chi connectivity index (χ2n) is 9.33. The van der Waals surface area contributed by atoms with Gasteiger partial charge >= 0.3 is 5.97 Å². The van der Waals surface area contributed by atoms with Crippen molar-refractivity contribution in [3.05, 3.63) is 11.8 Å². The van der Waals surface area contributed by atoms with Crippen LogP contribution in [0.3, 0.4) is 0 Å². The number of ether oxygens (including phenoxy) is 4. The van der Waals surface area contributed by atoms with Crippen LogP contribution in [0.5, 0.6) is 0 Å². The van der Waals surface area contributed by atoms with Crippen LogP contribution in [0.15, 0.2) is 11.8 Å². The van der Waals surface area contributed by atoms with Gasteiger partial charge < -0.3 is 54.7 Å². The lowest BCUT2D eigenvalue weighted by Crippen LogP contribution is -2.59. The van der Waals surface area contributed by atoms with Crippen LogP contribution in [0.1, 0.15) is 26.7 Å². The molecule has 0 spiro atoms. The lowest BCUT2D eigenvalue weighted by molar-refractivity contribution is -0.299. The van der Waals surface area contributed by atoms with Crippen molar-refractivity contribution in [1.82, 2.24) is 0 Å². The molecule has 0 aromatic carbocycles. The van der Waals surface area contributed by atoms with E-state index in [0.717, 1.165) is 0 Å². The van der Waals surface area contributed by atoms with Gasteiger partial charge in [-0.3, -0.25) is 4.79 Å². The number of rotatable bonds is 8. The van der Waals surface area contributed by atoms with E-state index in [9.17, 15) is 40.5 Å². The van der Waals surface area contributed by atoms with Crippen molar-refractivity contribution in [2.24, 2.45) is 17.8 Å². The Morgan fingerprint density at radius 2 is 1.85 bits per heavy atom. The molecule has 12 heteroatoms. The summed E-state index contributed by atoms with van der Waals surface area (Å²) in [6, 6.07) is 0. The third-order valence-corrected chi connectivity index (χ3v) is 6.53. The molecule has 12 nitrogen and oxygen atoms in total. The highest BCUT2D eigenvalue weighted by Gasteiger charge is 2.60. The summed E-state index contributed by atoms with van der Waals surface area (Å²) >= 11 is 0. The highest BCUT2D eigenvalue weighted by molar-refractivity contribution is 5.69. The van der Waals surface area contributed by atoms with Gasteiger partial charge in [-0.05, 0) is 17.9 Å². The van der Waals surface area contributed by atoms with E-state index >= 15 is 0 Å². The summed E-state index contributed by atoms with van der Waals surface area (Å²) in [6.45, 7) is 2.04. The van der Waals surface area contributed by atoms with Crippen molar-refractivity contribution in [2.75, 3.05) is 19.8 Å². The molecule has 1 saturated heterocycles. The number of carbonyl (C=O) groups is 1. The number of esters is 1. The SMILES string of the molecule is CC(C)CC(=O)O[C@H]1OC=C(CO[C@@H]2O[C@H](CO)[C@@H](O)[C@H](O)[C@H]2O)[C@@H]2C[C@H](O)[C@](O)(CO)[C@@H]12. The first-order valence-corrected chi connectivity index (χ1v) is 11.0. The van der Waals surface area contributed by atoms with E-state index in [4.69, 9.17) is 18.9 Å². The fraction of sp³-hybridized carbons (Fsp3) is 0.857. The molecule has 0 amide bonds. The Bertz CT molecular complexity index is 711. The Morgan fingerprint density at radius 1 is 1.15 bits per heavy atom. The molecule has 3 aliphatic rings. The minimum atomic E-state index is -1.99. The highest BCUT2D eigenvalue weighted by atomic mass is 16.7. The first kappa shape index (κ1) is 26.3. The van der Waals surface area contributed by atoms with Gasteiger partial charge in [0.25, 0.3) is 0 Å². The molecule has 3 rings (SSSR count). The first-order valence-electron chi connectivity index (χ1n) is 11.0. The van der Waals surface area contributed by atoms with Crippen molar-refractivity contribution < 1.29 is 59.5 Å². The maximum atomic E-state index is 12.2. The zero-order valence-electron chi connectivity index (χ0n) is 18.6. The van der Waals surface area contributed by atoms with Crippen LogP contribution >= 0.6 is 0 Å². The van der Waals surface area contributed by atoms with Crippen LogP contribution in [0.2, 0.25) is 0 Å². The predicted octanol–water partition coefficient (Wildman–Crippen LogP) is -2.65. The van der Waals surface area contributed by atoms with Crippen LogP contribution in [0.25, 0.3) is 0 Å². The van der Waals surface area contributed by atoms with E-state index in [2.05, 4.69) is 0 Å². The minimum absolute atomic E-state index is 0.0210. The summed E-state index contributed by atoms with van der Waals surface area (Å²) in [7, 11) is 0. The lowest BCUT2D eigenvalue weighted by Gasteiger charge is -2.41. The minimum Gasteiger partial charge on any atom is -0.462 e. The molecule has 7 N–H and O–H groups in total. The van der Waals surface area contributed by atoms with Gasteiger partial charge in [-0.2, -0.15) is 0 Å². The first-order chi connectivity index (χ1) is 15.5. The molecule has 0 aromatic rings. The zero-order chi connectivity index (χ0) is 24.5. The average molecular weight is 478 g/mol. The molecular formula is C21H34O12. The molecule has 0 radical (unpaired) electrons. The number of hydrogen-bond acceptors (Lipinski definition) is 12. The summed E-state index contributed by atoms with van der Waals surface area (Å²) in [6.07, 6.45) is -8.43. The van der Waals surface area contributed by atoms with Crippen molar-refractivity contribution in [3.63, 3.8) is 0 Å². The van der Waals surface area contributed by atoms with Gasteiger partial charge in [0.2, 0.25) is 6.29 Å². The summed E-state index contributed by atoms with van der Waals surface area (Å²) in [5, 5.41) is 70.5. The molecular weight excluding hydrogens is 444 g/mol. The standard InChI is InChI=1S/C21H34O12/c1-9(2)3-14(25)33-19-15-11(4-13(24)21(15,29)8-23)10(6-30-19)7-31-20-18(28)17(27)16(26)12(5-22)32-20/h6,9,11-13,15-20,22-24,26-29H,3-5,7-8H2,1-2H3/t11-,12+,13-,15+,16+,17-,18+,19+,20+,21+/m0/s1. The molecule has 0 unspecified atom stereocenters. The molecule has 2 heterocycles. The Kier molecular flexibility index (Phi) is 8.36. The van der Waals surface area contributed by atoms with Crippen LogP contribution < -0.4 is 0 Å². The Morgan fingerprint density at radius 3 is 2.45 bits per heavy atom. The fourth-order valence-electron chi connectivity index (χ4n) is 4.64. The molecule has 0 aromatic heterocycles. The fourth-order valence-corrected chi connectivity index (χ4v) is 4.64. The van der Waals surface area contributed by atoms with Crippen molar-refractivity contribution in [3.8, 4) is 0 Å². The highest BCUT2D eigenvalue weighted by Crippen LogP contribution is 2.49. The van der Waals surface area contributed by atoms with Gasteiger partial charge in [0, 0.05) is 12.3 Å². The van der Waals surface area contributed by atoms with E-state index < -0.39 is 79.7 Å². The number of carbonyl (C=O) groups excluding carboxylic acids is 1. The summed E-state index contributed by atoms with van der Waals surface area (Å²) in [4.78, 5) is 12.2. The van der Waals surface area contributed by atoms with E-state index in [1.54, 1.807) is 0 Å². The molecule has 10 atom stereocenters. The van der Waals surface area contributed by atoms with Crippen LogP contribution in [0, 0.1) is 17.8 Å². The summed E-state index contributed by atoms with van der Waals surface area (Å²) in [5.74, 6) is -2.12. The topological polar surface area (TPSA) is 196 Å². The quantitative estimate of drug-likeness (QED) is 0.179. The normalized spacial score (nSPS) is 43.1. The number of aliphatic hydroxyl groups is 7. The van der Waals surface area contributed by atoms with Crippen LogP contribution in [-0.2, 0) is 23.7 Å². The van der Waals surface area contributed by atoms with Gasteiger partial charge in [-0.25, -0.2) is 0 Å². The summed E-state index contributed by atoms with van der Waals surface area (Å²) in [5.41, 5.74) is -1.56. The van der Waals surface area contributed by atoms with Gasteiger partial charge in [-0.15, -0.1) is 0 Å². The third-order valence-electron chi connectivity index (χ3n) is 6.53. The summed E-state index contributed by atoms with van der Waals surface area (Å²) < 4.78 is 21.8. The maximum absolute atomic E-state index is 12.2. The second kappa shape index (κ2) is 10.5. The number of hydrogen-bond donors (Lipinski definition) is 7. The molecule has 190 valence electrons. The smallest absolute Gasteiger partial charge is 0.309 e. The monoisotopic (exact) mass is 478 g/mol. The molecule has 2 aliphatic heterocycles.